The number of halogens is 1. The van der Waals surface area contributed by atoms with Gasteiger partial charge in [-0.1, -0.05) is 28.1 Å². The van der Waals surface area contributed by atoms with Gasteiger partial charge in [-0.05, 0) is 44.9 Å². The lowest BCUT2D eigenvalue weighted by molar-refractivity contribution is 0.0292. The Kier molecular flexibility index (Phi) is 4.19. The second-order valence-electron chi connectivity index (χ2n) is 5.97. The Hall–Kier alpha value is -1.03. The third-order valence-corrected chi connectivity index (χ3v) is 3.65. The highest BCUT2D eigenvalue weighted by Gasteiger charge is 2.30. The topological polar surface area (TPSA) is 29.5 Å². The molecule has 0 aliphatic carbocycles. The van der Waals surface area contributed by atoms with Crippen molar-refractivity contribution in [3.63, 3.8) is 0 Å². The molecule has 1 amide bonds. The molecule has 0 spiro atoms. The monoisotopic (exact) mass is 325 g/mol. The molecule has 3 nitrogen and oxygen atoms in total. The van der Waals surface area contributed by atoms with E-state index in [4.69, 9.17) is 4.74 Å². The maximum Gasteiger partial charge on any atom is 0.410 e. The van der Waals surface area contributed by atoms with Crippen LogP contribution in [0.25, 0.3) is 0 Å². The van der Waals surface area contributed by atoms with Crippen LogP contribution in [0.2, 0.25) is 0 Å². The van der Waals surface area contributed by atoms with Crippen LogP contribution in [0.3, 0.4) is 0 Å². The van der Waals surface area contributed by atoms with Gasteiger partial charge in [0.1, 0.15) is 5.60 Å². The summed E-state index contributed by atoms with van der Waals surface area (Å²) in [4.78, 5) is 13.8. The van der Waals surface area contributed by atoms with Crippen LogP contribution in [-0.2, 0) is 4.74 Å². The minimum Gasteiger partial charge on any atom is -0.444 e. The molecule has 0 N–H and O–H groups in total. The molecule has 104 valence electrons. The second kappa shape index (κ2) is 5.53. The summed E-state index contributed by atoms with van der Waals surface area (Å²) in [7, 11) is 0. The average Bonchev–Trinajstić information content (AvgIpc) is 2.75. The van der Waals surface area contributed by atoms with Crippen LogP contribution in [0.15, 0.2) is 28.7 Å². The van der Waals surface area contributed by atoms with Crippen molar-refractivity contribution in [3.05, 3.63) is 34.3 Å². The van der Waals surface area contributed by atoms with E-state index in [1.165, 1.54) is 5.56 Å². The van der Waals surface area contributed by atoms with E-state index in [1.54, 1.807) is 4.90 Å². The second-order valence-corrected chi connectivity index (χ2v) is 6.88. The van der Waals surface area contributed by atoms with Gasteiger partial charge in [0.2, 0.25) is 0 Å². The summed E-state index contributed by atoms with van der Waals surface area (Å²) in [6, 6.07) is 8.30. The first kappa shape index (κ1) is 14.4. The number of hydrogen-bond acceptors (Lipinski definition) is 2. The number of carbonyl (C=O) groups excluding carboxylic acids is 1. The SMILES string of the molecule is CC(C)(C)OC(=O)N1CCC(c2cccc(Br)c2)C1. The smallest absolute Gasteiger partial charge is 0.410 e. The highest BCUT2D eigenvalue weighted by molar-refractivity contribution is 9.10. The molecule has 1 aliphatic rings. The van der Waals surface area contributed by atoms with Gasteiger partial charge in [0.25, 0.3) is 0 Å². The fourth-order valence-electron chi connectivity index (χ4n) is 2.29. The van der Waals surface area contributed by atoms with Crippen molar-refractivity contribution >= 4 is 22.0 Å². The lowest BCUT2D eigenvalue weighted by atomic mass is 9.99. The lowest BCUT2D eigenvalue weighted by Gasteiger charge is -2.24. The molecule has 1 saturated heterocycles. The summed E-state index contributed by atoms with van der Waals surface area (Å²) in [6.45, 7) is 7.20. The molecule has 0 saturated carbocycles. The van der Waals surface area contributed by atoms with Crippen LogP contribution in [0.5, 0.6) is 0 Å². The van der Waals surface area contributed by atoms with E-state index in [1.807, 2.05) is 32.9 Å². The number of carbonyl (C=O) groups is 1. The largest absolute Gasteiger partial charge is 0.444 e. The molecule has 0 bridgehead atoms. The van der Waals surface area contributed by atoms with E-state index in [0.29, 0.717) is 5.92 Å². The number of nitrogens with zero attached hydrogens (tertiary/aromatic N) is 1. The standard InChI is InChI=1S/C15H20BrNO2/c1-15(2,3)19-14(18)17-8-7-12(10-17)11-5-4-6-13(16)9-11/h4-6,9,12H,7-8,10H2,1-3H3. The molecule has 1 heterocycles. The molecule has 4 heteroatoms. The van der Waals surface area contributed by atoms with Crippen molar-refractivity contribution < 1.29 is 9.53 Å². The Morgan fingerprint density at radius 3 is 2.79 bits per heavy atom. The first-order valence-corrected chi connectivity index (χ1v) is 7.38. The molecule has 19 heavy (non-hydrogen) atoms. The van der Waals surface area contributed by atoms with Gasteiger partial charge in [-0.15, -0.1) is 0 Å². The normalized spacial score (nSPS) is 19.6. The molecule has 1 aromatic rings. The Morgan fingerprint density at radius 2 is 2.16 bits per heavy atom. The van der Waals surface area contributed by atoms with Gasteiger partial charge < -0.3 is 9.64 Å². The maximum atomic E-state index is 12.0. The average molecular weight is 326 g/mol. The number of rotatable bonds is 1. The molecule has 0 radical (unpaired) electrons. The van der Waals surface area contributed by atoms with E-state index in [0.717, 1.165) is 24.0 Å². The minimum atomic E-state index is -0.426. The number of benzene rings is 1. The van der Waals surface area contributed by atoms with Crippen molar-refractivity contribution in [2.75, 3.05) is 13.1 Å². The van der Waals surface area contributed by atoms with Gasteiger partial charge in [-0.3, -0.25) is 0 Å². The summed E-state index contributed by atoms with van der Waals surface area (Å²) < 4.78 is 6.49. The van der Waals surface area contributed by atoms with Crippen molar-refractivity contribution in [1.29, 1.82) is 0 Å². The van der Waals surface area contributed by atoms with Gasteiger partial charge in [-0.25, -0.2) is 4.79 Å². The minimum absolute atomic E-state index is 0.204. The quantitative estimate of drug-likeness (QED) is 0.775. The zero-order valence-electron chi connectivity index (χ0n) is 11.6. The van der Waals surface area contributed by atoms with Crippen molar-refractivity contribution in [3.8, 4) is 0 Å². The van der Waals surface area contributed by atoms with Crippen LogP contribution in [-0.4, -0.2) is 29.7 Å². The Morgan fingerprint density at radius 1 is 1.42 bits per heavy atom. The highest BCUT2D eigenvalue weighted by atomic mass is 79.9. The molecule has 1 fully saturated rings. The first-order chi connectivity index (χ1) is 8.85. The summed E-state index contributed by atoms with van der Waals surface area (Å²) >= 11 is 3.49. The van der Waals surface area contributed by atoms with Crippen LogP contribution in [0.1, 0.15) is 38.7 Å². The van der Waals surface area contributed by atoms with Gasteiger partial charge in [0.15, 0.2) is 0 Å². The van der Waals surface area contributed by atoms with E-state index in [9.17, 15) is 4.79 Å². The molecular formula is C15H20BrNO2. The highest BCUT2D eigenvalue weighted by Crippen LogP contribution is 2.29. The molecule has 0 aromatic heterocycles. The first-order valence-electron chi connectivity index (χ1n) is 6.58. The van der Waals surface area contributed by atoms with Gasteiger partial charge in [0.05, 0.1) is 0 Å². The summed E-state index contributed by atoms with van der Waals surface area (Å²) in [5.74, 6) is 0.407. The maximum absolute atomic E-state index is 12.0. The van der Waals surface area contributed by atoms with Crippen LogP contribution in [0.4, 0.5) is 4.79 Å². The fourth-order valence-corrected chi connectivity index (χ4v) is 2.70. The van der Waals surface area contributed by atoms with E-state index in [-0.39, 0.29) is 6.09 Å². The van der Waals surface area contributed by atoms with Gasteiger partial charge in [-0.2, -0.15) is 0 Å². The molecule has 1 aromatic carbocycles. The molecule has 2 rings (SSSR count). The van der Waals surface area contributed by atoms with Crippen LogP contribution in [0, 0.1) is 0 Å². The summed E-state index contributed by atoms with van der Waals surface area (Å²) in [5, 5.41) is 0. The molecular weight excluding hydrogens is 306 g/mol. The van der Waals surface area contributed by atoms with Crippen molar-refractivity contribution in [2.24, 2.45) is 0 Å². The van der Waals surface area contributed by atoms with Crippen LogP contribution < -0.4 is 0 Å². The zero-order valence-corrected chi connectivity index (χ0v) is 13.2. The number of ether oxygens (including phenoxy) is 1. The third-order valence-electron chi connectivity index (χ3n) is 3.16. The third kappa shape index (κ3) is 3.96. The van der Waals surface area contributed by atoms with E-state index in [2.05, 4.69) is 28.1 Å². The number of likely N-dealkylation sites (tertiary alicyclic amines) is 1. The van der Waals surface area contributed by atoms with Crippen molar-refractivity contribution in [2.45, 2.75) is 38.7 Å². The Labute approximate surface area is 123 Å². The Bertz CT molecular complexity index is 467. The summed E-state index contributed by atoms with van der Waals surface area (Å²) in [5.41, 5.74) is 0.853. The Balaban J connectivity index is 1.98. The predicted molar refractivity (Wildman–Crippen MR) is 79.3 cm³/mol. The van der Waals surface area contributed by atoms with Gasteiger partial charge in [0, 0.05) is 23.5 Å². The van der Waals surface area contributed by atoms with E-state index < -0.39 is 5.60 Å². The zero-order chi connectivity index (χ0) is 14.0. The molecule has 1 unspecified atom stereocenters. The molecule has 1 atom stereocenters. The fraction of sp³-hybridized carbons (Fsp3) is 0.533. The summed E-state index contributed by atoms with van der Waals surface area (Å²) in [6.07, 6.45) is 0.792. The predicted octanol–water partition coefficient (Wildman–Crippen LogP) is 4.17. The van der Waals surface area contributed by atoms with E-state index >= 15 is 0 Å². The van der Waals surface area contributed by atoms with Gasteiger partial charge >= 0.3 is 6.09 Å². The number of hydrogen-bond donors (Lipinski definition) is 0. The molecule has 1 aliphatic heterocycles. The lowest BCUT2D eigenvalue weighted by Crippen LogP contribution is -2.35. The van der Waals surface area contributed by atoms with Crippen LogP contribution >= 0.6 is 15.9 Å². The van der Waals surface area contributed by atoms with Crippen molar-refractivity contribution in [1.82, 2.24) is 4.90 Å². The number of amides is 1.